The van der Waals surface area contributed by atoms with Crippen LogP contribution in [0.2, 0.25) is 0 Å². The number of fused-ring (bicyclic) bond motifs is 1. The van der Waals surface area contributed by atoms with Crippen LogP contribution >= 0.6 is 12.4 Å². The minimum atomic E-state index is -0.0679. The van der Waals surface area contributed by atoms with Gasteiger partial charge in [0.1, 0.15) is 11.5 Å². The summed E-state index contributed by atoms with van der Waals surface area (Å²) in [5.74, 6) is 0.890. The summed E-state index contributed by atoms with van der Waals surface area (Å²) in [7, 11) is 0. The first-order valence-electron chi connectivity index (χ1n) is 5.64. The highest BCUT2D eigenvalue weighted by Gasteiger charge is 2.12. The number of nitrogens with one attached hydrogen (secondary N) is 1. The van der Waals surface area contributed by atoms with E-state index < -0.39 is 0 Å². The Balaban J connectivity index is 0.00000147. The van der Waals surface area contributed by atoms with Crippen molar-refractivity contribution < 1.29 is 0 Å². The molecule has 3 N–H and O–H groups in total. The molecule has 20 heavy (non-hydrogen) atoms. The van der Waals surface area contributed by atoms with Crippen LogP contribution in [0.25, 0.3) is 17.2 Å². The zero-order chi connectivity index (χ0) is 13.4. The van der Waals surface area contributed by atoms with Crippen molar-refractivity contribution in [3.8, 4) is 11.4 Å². The van der Waals surface area contributed by atoms with Gasteiger partial charge in [0, 0.05) is 23.7 Å². The highest BCUT2D eigenvalue weighted by molar-refractivity contribution is 5.93. The maximum absolute atomic E-state index is 7.58. The lowest BCUT2D eigenvalue weighted by molar-refractivity contribution is 0.915. The summed E-state index contributed by atoms with van der Waals surface area (Å²) in [4.78, 5) is 12.6. The van der Waals surface area contributed by atoms with Crippen molar-refractivity contribution in [2.24, 2.45) is 5.73 Å². The number of nitrogens with zero attached hydrogens (tertiary/aromatic N) is 5. The van der Waals surface area contributed by atoms with Crippen LogP contribution in [0.4, 0.5) is 0 Å². The third-order valence-corrected chi connectivity index (χ3v) is 2.65. The number of nitrogens with two attached hydrogens (primary N) is 1. The molecule has 0 aliphatic heterocycles. The molecule has 0 aliphatic carbocycles. The Labute approximate surface area is 120 Å². The number of hydrogen-bond acceptors (Lipinski definition) is 5. The first-order valence-corrected chi connectivity index (χ1v) is 5.64. The van der Waals surface area contributed by atoms with E-state index in [1.54, 1.807) is 18.5 Å². The lowest BCUT2D eigenvalue weighted by atomic mass is 10.3. The van der Waals surface area contributed by atoms with Crippen LogP contribution in [-0.2, 0) is 0 Å². The van der Waals surface area contributed by atoms with Crippen molar-refractivity contribution in [2.45, 2.75) is 6.92 Å². The zero-order valence-corrected chi connectivity index (χ0v) is 11.4. The number of pyridine rings is 1. The highest BCUT2D eigenvalue weighted by Crippen LogP contribution is 2.15. The topological polar surface area (TPSA) is 106 Å². The van der Waals surface area contributed by atoms with Gasteiger partial charge in [-0.1, -0.05) is 0 Å². The maximum Gasteiger partial charge on any atom is 0.253 e. The highest BCUT2D eigenvalue weighted by atomic mass is 35.5. The summed E-state index contributed by atoms with van der Waals surface area (Å²) in [5, 5.41) is 11.9. The second-order valence-electron chi connectivity index (χ2n) is 4.08. The molecular weight excluding hydrogens is 278 g/mol. The van der Waals surface area contributed by atoms with Crippen LogP contribution in [0.5, 0.6) is 0 Å². The Bertz CT molecular complexity index is 766. The molecular formula is C12H12ClN7. The van der Waals surface area contributed by atoms with E-state index in [1.807, 2.05) is 19.1 Å². The fourth-order valence-corrected chi connectivity index (χ4v) is 1.80. The number of aryl methyl sites for hydroxylation is 1. The van der Waals surface area contributed by atoms with E-state index in [0.717, 1.165) is 11.3 Å². The summed E-state index contributed by atoms with van der Waals surface area (Å²) in [5.41, 5.74) is 7.62. The molecule has 0 bridgehead atoms. The Hall–Kier alpha value is -2.54. The number of aromatic nitrogens is 5. The van der Waals surface area contributed by atoms with E-state index in [1.165, 1.54) is 4.52 Å². The predicted octanol–water partition coefficient (Wildman–Crippen LogP) is 1.20. The Morgan fingerprint density at radius 1 is 1.25 bits per heavy atom. The molecule has 0 fully saturated rings. The average Bonchev–Trinajstić information content (AvgIpc) is 2.82. The lowest BCUT2D eigenvalue weighted by Gasteiger charge is -2.01. The van der Waals surface area contributed by atoms with Crippen LogP contribution in [0.3, 0.4) is 0 Å². The van der Waals surface area contributed by atoms with Crippen LogP contribution in [0, 0.1) is 12.3 Å². The summed E-state index contributed by atoms with van der Waals surface area (Å²) in [6.07, 6.45) is 3.34. The monoisotopic (exact) mass is 289 g/mol. The van der Waals surface area contributed by atoms with Gasteiger partial charge in [-0.3, -0.25) is 10.4 Å². The Morgan fingerprint density at radius 2 is 1.95 bits per heavy atom. The molecule has 3 heterocycles. The third-order valence-electron chi connectivity index (χ3n) is 2.65. The third kappa shape index (κ3) is 2.30. The first kappa shape index (κ1) is 13.9. The average molecular weight is 290 g/mol. The standard InChI is InChI=1S/C12H11N7.ClH/c1-7-6-9(10(13)14)19-12(16-7)17-11(18-19)8-2-4-15-5-3-8;/h2-6H,1H3,(H3,13,14);1H. The first-order chi connectivity index (χ1) is 9.15. The van der Waals surface area contributed by atoms with E-state index >= 15 is 0 Å². The smallest absolute Gasteiger partial charge is 0.253 e. The number of amidine groups is 1. The molecule has 0 spiro atoms. The fraction of sp³-hybridized carbons (Fsp3) is 0.0833. The predicted molar refractivity (Wildman–Crippen MR) is 77.0 cm³/mol. The number of hydrogen-bond donors (Lipinski definition) is 2. The molecule has 3 rings (SSSR count). The van der Waals surface area contributed by atoms with Crippen molar-refractivity contribution in [1.29, 1.82) is 5.41 Å². The molecule has 0 aromatic carbocycles. The van der Waals surface area contributed by atoms with Crippen molar-refractivity contribution in [3.63, 3.8) is 0 Å². The molecule has 0 saturated carbocycles. The molecule has 0 saturated heterocycles. The molecule has 0 atom stereocenters. The number of halogens is 1. The van der Waals surface area contributed by atoms with E-state index in [2.05, 4.69) is 20.1 Å². The molecule has 3 aromatic heterocycles. The van der Waals surface area contributed by atoms with Crippen molar-refractivity contribution >= 4 is 24.0 Å². The van der Waals surface area contributed by atoms with Crippen LogP contribution in [0.1, 0.15) is 11.4 Å². The Kier molecular flexibility index (Phi) is 3.62. The second-order valence-corrected chi connectivity index (χ2v) is 4.08. The normalized spacial score (nSPS) is 10.2. The largest absolute Gasteiger partial charge is 0.382 e. The number of nitrogen functional groups attached to an aromatic ring is 1. The van der Waals surface area contributed by atoms with Gasteiger partial charge in [-0.25, -0.2) is 4.98 Å². The summed E-state index contributed by atoms with van der Waals surface area (Å²) >= 11 is 0. The van der Waals surface area contributed by atoms with Gasteiger partial charge in [-0.05, 0) is 25.1 Å². The lowest BCUT2D eigenvalue weighted by Crippen LogP contribution is -2.17. The molecule has 102 valence electrons. The van der Waals surface area contributed by atoms with Gasteiger partial charge >= 0.3 is 0 Å². The van der Waals surface area contributed by atoms with Gasteiger partial charge in [0.2, 0.25) is 0 Å². The summed E-state index contributed by atoms with van der Waals surface area (Å²) in [6.45, 7) is 1.83. The summed E-state index contributed by atoms with van der Waals surface area (Å²) < 4.78 is 1.48. The van der Waals surface area contributed by atoms with Crippen LogP contribution in [-0.4, -0.2) is 30.4 Å². The van der Waals surface area contributed by atoms with Crippen LogP contribution in [0.15, 0.2) is 30.6 Å². The molecule has 0 aliphatic rings. The molecule has 0 radical (unpaired) electrons. The minimum Gasteiger partial charge on any atom is -0.382 e. The molecule has 0 unspecified atom stereocenters. The van der Waals surface area contributed by atoms with Crippen molar-refractivity contribution in [1.82, 2.24) is 24.6 Å². The second kappa shape index (κ2) is 5.22. The summed E-state index contributed by atoms with van der Waals surface area (Å²) in [6, 6.07) is 5.34. The van der Waals surface area contributed by atoms with E-state index in [4.69, 9.17) is 11.1 Å². The Morgan fingerprint density at radius 3 is 2.60 bits per heavy atom. The van der Waals surface area contributed by atoms with E-state index in [-0.39, 0.29) is 18.2 Å². The van der Waals surface area contributed by atoms with Gasteiger partial charge in [-0.15, -0.1) is 17.5 Å². The van der Waals surface area contributed by atoms with Gasteiger partial charge in [-0.2, -0.15) is 9.50 Å². The SMILES string of the molecule is Cc1cc(C(=N)N)n2nc(-c3ccncc3)nc2n1.Cl. The molecule has 3 aromatic rings. The quantitative estimate of drug-likeness (QED) is 0.545. The van der Waals surface area contributed by atoms with Crippen LogP contribution < -0.4 is 5.73 Å². The number of rotatable bonds is 2. The van der Waals surface area contributed by atoms with E-state index in [9.17, 15) is 0 Å². The molecule has 7 nitrogen and oxygen atoms in total. The molecule has 8 heteroatoms. The zero-order valence-electron chi connectivity index (χ0n) is 10.6. The van der Waals surface area contributed by atoms with Gasteiger partial charge in [0.15, 0.2) is 5.82 Å². The van der Waals surface area contributed by atoms with Crippen molar-refractivity contribution in [2.75, 3.05) is 0 Å². The van der Waals surface area contributed by atoms with Gasteiger partial charge in [0.25, 0.3) is 5.78 Å². The van der Waals surface area contributed by atoms with E-state index in [0.29, 0.717) is 17.3 Å². The maximum atomic E-state index is 7.58. The van der Waals surface area contributed by atoms with Crippen molar-refractivity contribution in [3.05, 3.63) is 42.0 Å². The van der Waals surface area contributed by atoms with Gasteiger partial charge in [0.05, 0.1) is 0 Å². The minimum absolute atomic E-state index is 0. The van der Waals surface area contributed by atoms with Gasteiger partial charge < -0.3 is 5.73 Å². The molecule has 0 amide bonds. The fourth-order valence-electron chi connectivity index (χ4n) is 1.80.